The number of rotatable bonds is 6. The number of ether oxygens (including phenoxy) is 1. The largest absolute Gasteiger partial charge is 0.389 e. The average molecular weight is 281 g/mol. The number of nitrogens with zero attached hydrogens (tertiary/aromatic N) is 1. The Morgan fingerprint density at radius 3 is 2.55 bits per heavy atom. The molecule has 4 N–H and O–H groups in total. The van der Waals surface area contributed by atoms with Crippen LogP contribution in [-0.2, 0) is 4.74 Å². The van der Waals surface area contributed by atoms with Crippen molar-refractivity contribution in [2.24, 2.45) is 5.73 Å². The third-order valence-corrected chi connectivity index (χ3v) is 2.88. The van der Waals surface area contributed by atoms with Crippen LogP contribution in [-0.4, -0.2) is 49.5 Å². The maximum absolute atomic E-state index is 11.9. The number of carbonyl (C=O) groups excluding carboxylic acids is 1. The van der Waals surface area contributed by atoms with E-state index in [1.165, 1.54) is 12.0 Å². The first-order valence-corrected chi connectivity index (χ1v) is 6.48. The maximum Gasteiger partial charge on any atom is 0.321 e. The summed E-state index contributed by atoms with van der Waals surface area (Å²) in [6.45, 7) is 2.30. The van der Waals surface area contributed by atoms with E-state index >= 15 is 0 Å². The van der Waals surface area contributed by atoms with Gasteiger partial charge >= 0.3 is 6.03 Å². The van der Waals surface area contributed by atoms with E-state index in [4.69, 9.17) is 10.5 Å². The fourth-order valence-electron chi connectivity index (χ4n) is 1.73. The molecule has 1 rings (SSSR count). The number of nitrogens with one attached hydrogen (secondary N) is 1. The third-order valence-electron chi connectivity index (χ3n) is 2.88. The summed E-state index contributed by atoms with van der Waals surface area (Å²) in [6.07, 6.45) is -0.698. The predicted octanol–water partition coefficient (Wildman–Crippen LogP) is 1.18. The van der Waals surface area contributed by atoms with Gasteiger partial charge in [-0.25, -0.2) is 4.79 Å². The molecule has 2 unspecified atom stereocenters. The summed E-state index contributed by atoms with van der Waals surface area (Å²) in [6, 6.07) is 7.03. The lowest BCUT2D eigenvalue weighted by Gasteiger charge is -2.21. The number of aliphatic hydroxyl groups excluding tert-OH is 1. The first-order valence-electron chi connectivity index (χ1n) is 6.48. The van der Waals surface area contributed by atoms with E-state index < -0.39 is 6.10 Å². The topological polar surface area (TPSA) is 87.8 Å². The first-order chi connectivity index (χ1) is 9.43. The van der Waals surface area contributed by atoms with E-state index in [1.807, 2.05) is 19.1 Å². The molecule has 0 bridgehead atoms. The van der Waals surface area contributed by atoms with Crippen LogP contribution in [0.5, 0.6) is 0 Å². The average Bonchev–Trinajstić information content (AvgIpc) is 2.39. The summed E-state index contributed by atoms with van der Waals surface area (Å²) < 4.78 is 4.82. The van der Waals surface area contributed by atoms with Crippen molar-refractivity contribution in [3.05, 3.63) is 29.8 Å². The lowest BCUT2D eigenvalue weighted by atomic mass is 10.1. The SMILES string of the molecule is COCC(O)CN(C)C(=O)Nc1ccc(C(C)N)cc1. The van der Waals surface area contributed by atoms with E-state index in [1.54, 1.807) is 19.2 Å². The van der Waals surface area contributed by atoms with Gasteiger partial charge in [0.2, 0.25) is 0 Å². The Morgan fingerprint density at radius 2 is 2.05 bits per heavy atom. The van der Waals surface area contributed by atoms with E-state index in [2.05, 4.69) is 5.32 Å². The number of carbonyl (C=O) groups is 1. The van der Waals surface area contributed by atoms with Crippen LogP contribution in [0.15, 0.2) is 24.3 Å². The van der Waals surface area contributed by atoms with Gasteiger partial charge in [0, 0.05) is 25.9 Å². The molecule has 2 atom stereocenters. The Labute approximate surface area is 119 Å². The first kappa shape index (κ1) is 16.4. The fraction of sp³-hybridized carbons (Fsp3) is 0.500. The van der Waals surface area contributed by atoms with Gasteiger partial charge in [0.1, 0.15) is 0 Å². The summed E-state index contributed by atoms with van der Waals surface area (Å²) in [5.74, 6) is 0. The van der Waals surface area contributed by atoms with Crippen LogP contribution in [0.3, 0.4) is 0 Å². The molecular weight excluding hydrogens is 258 g/mol. The van der Waals surface area contributed by atoms with Crippen molar-refractivity contribution < 1.29 is 14.6 Å². The number of aliphatic hydroxyl groups is 1. The second kappa shape index (κ2) is 7.84. The third kappa shape index (κ3) is 5.16. The lowest BCUT2D eigenvalue weighted by Crippen LogP contribution is -2.38. The van der Waals surface area contributed by atoms with E-state index in [0.717, 1.165) is 5.56 Å². The standard InChI is InChI=1S/C14H23N3O3/c1-10(15)11-4-6-12(7-5-11)16-14(19)17(2)8-13(18)9-20-3/h4-7,10,13,18H,8-9,15H2,1-3H3,(H,16,19). The Balaban J connectivity index is 2.52. The molecule has 0 radical (unpaired) electrons. The molecule has 6 heteroatoms. The Morgan fingerprint density at radius 1 is 1.45 bits per heavy atom. The predicted molar refractivity (Wildman–Crippen MR) is 78.6 cm³/mol. The number of hydrogen-bond acceptors (Lipinski definition) is 4. The molecule has 0 aliphatic carbocycles. The van der Waals surface area contributed by atoms with Gasteiger partial charge in [-0.05, 0) is 24.6 Å². The van der Waals surface area contributed by atoms with Gasteiger partial charge in [0.05, 0.1) is 19.3 Å². The molecule has 1 aromatic rings. The van der Waals surface area contributed by atoms with Crippen molar-refractivity contribution in [1.29, 1.82) is 0 Å². The summed E-state index contributed by atoms with van der Waals surface area (Å²) >= 11 is 0. The van der Waals surface area contributed by atoms with Crippen molar-refractivity contribution in [2.75, 3.05) is 32.6 Å². The summed E-state index contributed by atoms with van der Waals surface area (Å²) in [5.41, 5.74) is 7.46. The molecule has 0 saturated heterocycles. The number of anilines is 1. The minimum Gasteiger partial charge on any atom is -0.389 e. The molecule has 0 aliphatic heterocycles. The molecule has 20 heavy (non-hydrogen) atoms. The van der Waals surface area contributed by atoms with Crippen LogP contribution in [0.25, 0.3) is 0 Å². The molecule has 6 nitrogen and oxygen atoms in total. The second-order valence-electron chi connectivity index (χ2n) is 4.83. The Hall–Kier alpha value is -1.63. The van der Waals surface area contributed by atoms with Crippen molar-refractivity contribution in [1.82, 2.24) is 4.90 Å². The minimum absolute atomic E-state index is 0.0355. The zero-order chi connectivity index (χ0) is 15.1. The van der Waals surface area contributed by atoms with Gasteiger partial charge in [-0.15, -0.1) is 0 Å². The smallest absolute Gasteiger partial charge is 0.321 e. The molecule has 0 heterocycles. The maximum atomic E-state index is 11.9. The van der Waals surface area contributed by atoms with Crippen LogP contribution >= 0.6 is 0 Å². The summed E-state index contributed by atoms with van der Waals surface area (Å²) in [4.78, 5) is 13.3. The molecule has 0 saturated carbocycles. The molecule has 0 aromatic heterocycles. The van der Waals surface area contributed by atoms with Crippen molar-refractivity contribution >= 4 is 11.7 Å². The van der Waals surface area contributed by atoms with Crippen molar-refractivity contribution in [2.45, 2.75) is 19.1 Å². The van der Waals surface area contributed by atoms with Crippen LogP contribution in [0.4, 0.5) is 10.5 Å². The number of likely N-dealkylation sites (N-methyl/N-ethyl adjacent to an activating group) is 1. The van der Waals surface area contributed by atoms with Gasteiger partial charge in [-0.3, -0.25) is 0 Å². The Bertz CT molecular complexity index is 420. The van der Waals surface area contributed by atoms with Crippen LogP contribution in [0.2, 0.25) is 0 Å². The zero-order valence-electron chi connectivity index (χ0n) is 12.2. The normalized spacial score (nSPS) is 13.7. The van der Waals surface area contributed by atoms with Crippen molar-refractivity contribution in [3.63, 3.8) is 0 Å². The van der Waals surface area contributed by atoms with Gasteiger partial charge in [-0.2, -0.15) is 0 Å². The highest BCUT2D eigenvalue weighted by atomic mass is 16.5. The van der Waals surface area contributed by atoms with Gasteiger partial charge in [0.25, 0.3) is 0 Å². The zero-order valence-corrected chi connectivity index (χ0v) is 12.2. The summed E-state index contributed by atoms with van der Waals surface area (Å²) in [7, 11) is 3.12. The monoisotopic (exact) mass is 281 g/mol. The van der Waals surface area contributed by atoms with Gasteiger partial charge < -0.3 is 25.8 Å². The molecule has 0 fully saturated rings. The fourth-order valence-corrected chi connectivity index (χ4v) is 1.73. The van der Waals surface area contributed by atoms with Crippen molar-refractivity contribution in [3.8, 4) is 0 Å². The van der Waals surface area contributed by atoms with E-state index in [9.17, 15) is 9.90 Å². The van der Waals surface area contributed by atoms with Gasteiger partial charge in [-0.1, -0.05) is 12.1 Å². The number of methoxy groups -OCH3 is 1. The van der Waals surface area contributed by atoms with E-state index in [0.29, 0.717) is 5.69 Å². The molecular formula is C14H23N3O3. The number of amides is 2. The molecule has 0 spiro atoms. The number of hydrogen-bond donors (Lipinski definition) is 3. The summed E-state index contributed by atoms with van der Waals surface area (Å²) in [5, 5.41) is 12.3. The highest BCUT2D eigenvalue weighted by Crippen LogP contribution is 2.14. The molecule has 112 valence electrons. The highest BCUT2D eigenvalue weighted by Gasteiger charge is 2.13. The minimum atomic E-state index is -0.698. The molecule has 2 amide bonds. The number of urea groups is 1. The van der Waals surface area contributed by atoms with E-state index in [-0.39, 0.29) is 25.2 Å². The molecule has 0 aliphatic rings. The highest BCUT2D eigenvalue weighted by molar-refractivity contribution is 5.89. The number of benzene rings is 1. The van der Waals surface area contributed by atoms with Crippen LogP contribution in [0.1, 0.15) is 18.5 Å². The lowest BCUT2D eigenvalue weighted by molar-refractivity contribution is 0.0501. The van der Waals surface area contributed by atoms with Crippen LogP contribution in [0, 0.1) is 0 Å². The quantitative estimate of drug-likeness (QED) is 0.730. The molecule has 1 aromatic carbocycles. The second-order valence-corrected chi connectivity index (χ2v) is 4.83. The van der Waals surface area contributed by atoms with Crippen LogP contribution < -0.4 is 11.1 Å². The Kier molecular flexibility index (Phi) is 6.44. The number of nitrogens with two attached hydrogens (primary N) is 1. The van der Waals surface area contributed by atoms with Gasteiger partial charge in [0.15, 0.2) is 0 Å².